The highest BCUT2D eigenvalue weighted by molar-refractivity contribution is 5.71. The number of carbonyl (C=O) groups excluding carboxylic acids is 1. The Morgan fingerprint density at radius 1 is 1.25 bits per heavy atom. The molecule has 1 aromatic carbocycles. The monoisotopic (exact) mass is 270 g/mol. The third-order valence-electron chi connectivity index (χ3n) is 2.96. The van der Waals surface area contributed by atoms with Crippen LogP contribution in [0.15, 0.2) is 42.7 Å². The Morgan fingerprint density at radius 2 is 2.10 bits per heavy atom. The zero-order chi connectivity index (χ0) is 14.4. The fourth-order valence-electron chi connectivity index (χ4n) is 1.95. The molecule has 0 saturated carbocycles. The molecule has 0 fully saturated rings. The lowest BCUT2D eigenvalue weighted by molar-refractivity contribution is -0.139. The first kappa shape index (κ1) is 14.2. The van der Waals surface area contributed by atoms with E-state index >= 15 is 0 Å². The zero-order valence-electron chi connectivity index (χ0n) is 11.7. The van der Waals surface area contributed by atoms with Crippen molar-refractivity contribution in [3.63, 3.8) is 0 Å². The standard InChI is InChI=1S/C16H18N2O2/c1-12-6-15(10-17-8-12)14-5-3-4-13(7-14)9-18-11-16(19)20-2/h3-8,10,18H,9,11H2,1-2H3. The topological polar surface area (TPSA) is 51.2 Å². The lowest BCUT2D eigenvalue weighted by atomic mass is 10.0. The first-order valence-electron chi connectivity index (χ1n) is 6.47. The van der Waals surface area contributed by atoms with Gasteiger partial charge in [-0.3, -0.25) is 9.78 Å². The van der Waals surface area contributed by atoms with Gasteiger partial charge in [-0.15, -0.1) is 0 Å². The number of hydrogen-bond donors (Lipinski definition) is 1. The van der Waals surface area contributed by atoms with Crippen LogP contribution in [0.25, 0.3) is 11.1 Å². The lowest BCUT2D eigenvalue weighted by Crippen LogP contribution is -2.23. The van der Waals surface area contributed by atoms with Gasteiger partial charge in [0.1, 0.15) is 0 Å². The number of methoxy groups -OCH3 is 1. The van der Waals surface area contributed by atoms with Gasteiger partial charge in [-0.05, 0) is 35.7 Å². The maximum Gasteiger partial charge on any atom is 0.319 e. The summed E-state index contributed by atoms with van der Waals surface area (Å²) in [6.07, 6.45) is 3.69. The van der Waals surface area contributed by atoms with Crippen LogP contribution in [0.2, 0.25) is 0 Å². The number of rotatable bonds is 5. The van der Waals surface area contributed by atoms with Crippen molar-refractivity contribution in [2.24, 2.45) is 0 Å². The number of carbonyl (C=O) groups is 1. The van der Waals surface area contributed by atoms with E-state index in [1.165, 1.54) is 7.11 Å². The molecule has 4 nitrogen and oxygen atoms in total. The molecule has 0 bridgehead atoms. The van der Waals surface area contributed by atoms with Gasteiger partial charge < -0.3 is 10.1 Å². The number of aryl methyl sites for hydroxylation is 1. The summed E-state index contributed by atoms with van der Waals surface area (Å²) in [6, 6.07) is 10.3. The molecular weight excluding hydrogens is 252 g/mol. The lowest BCUT2D eigenvalue weighted by Gasteiger charge is -2.07. The normalized spacial score (nSPS) is 10.3. The average molecular weight is 270 g/mol. The van der Waals surface area contributed by atoms with Gasteiger partial charge in [-0.2, -0.15) is 0 Å². The first-order chi connectivity index (χ1) is 9.69. The molecule has 2 rings (SSSR count). The molecule has 0 amide bonds. The summed E-state index contributed by atoms with van der Waals surface area (Å²) in [4.78, 5) is 15.2. The minimum atomic E-state index is -0.260. The highest BCUT2D eigenvalue weighted by Gasteiger charge is 2.02. The van der Waals surface area contributed by atoms with Crippen LogP contribution >= 0.6 is 0 Å². The Morgan fingerprint density at radius 3 is 2.85 bits per heavy atom. The minimum Gasteiger partial charge on any atom is -0.468 e. The van der Waals surface area contributed by atoms with Crippen LogP contribution in [0.5, 0.6) is 0 Å². The van der Waals surface area contributed by atoms with Crippen LogP contribution in [0.1, 0.15) is 11.1 Å². The van der Waals surface area contributed by atoms with E-state index in [4.69, 9.17) is 0 Å². The highest BCUT2D eigenvalue weighted by Crippen LogP contribution is 2.20. The van der Waals surface area contributed by atoms with Crippen LogP contribution in [-0.2, 0) is 16.1 Å². The van der Waals surface area contributed by atoms with E-state index in [0.29, 0.717) is 6.54 Å². The van der Waals surface area contributed by atoms with Crippen LogP contribution in [-0.4, -0.2) is 24.6 Å². The van der Waals surface area contributed by atoms with Crippen LogP contribution in [0.4, 0.5) is 0 Å². The van der Waals surface area contributed by atoms with Gasteiger partial charge in [-0.1, -0.05) is 18.2 Å². The number of hydrogen-bond acceptors (Lipinski definition) is 4. The number of benzene rings is 1. The second kappa shape index (κ2) is 6.82. The molecule has 1 heterocycles. The van der Waals surface area contributed by atoms with E-state index in [2.05, 4.69) is 33.2 Å². The number of nitrogens with zero attached hydrogens (tertiary/aromatic N) is 1. The average Bonchev–Trinajstić information content (AvgIpc) is 2.47. The van der Waals surface area contributed by atoms with Crippen LogP contribution in [0.3, 0.4) is 0 Å². The third kappa shape index (κ3) is 3.90. The van der Waals surface area contributed by atoms with Gasteiger partial charge in [0.05, 0.1) is 13.7 Å². The summed E-state index contributed by atoms with van der Waals surface area (Å²) in [7, 11) is 1.38. The predicted octanol–water partition coefficient (Wildman–Crippen LogP) is 2.32. The van der Waals surface area contributed by atoms with Gasteiger partial charge in [0.15, 0.2) is 0 Å². The Balaban J connectivity index is 2.06. The Hall–Kier alpha value is -2.20. The van der Waals surface area contributed by atoms with E-state index in [9.17, 15) is 4.79 Å². The summed E-state index contributed by atoms with van der Waals surface area (Å²) >= 11 is 0. The largest absolute Gasteiger partial charge is 0.468 e. The van der Waals surface area contributed by atoms with Crippen molar-refractivity contribution in [3.05, 3.63) is 53.9 Å². The fraction of sp³-hybridized carbons (Fsp3) is 0.250. The summed E-state index contributed by atoms with van der Waals surface area (Å²) in [5.74, 6) is -0.260. The Labute approximate surface area is 118 Å². The molecule has 0 atom stereocenters. The number of nitrogens with one attached hydrogen (secondary N) is 1. The maximum absolute atomic E-state index is 11.0. The summed E-state index contributed by atoms with van der Waals surface area (Å²) < 4.78 is 4.58. The van der Waals surface area contributed by atoms with Crippen LogP contribution in [0, 0.1) is 6.92 Å². The Kier molecular flexibility index (Phi) is 4.85. The molecule has 20 heavy (non-hydrogen) atoms. The summed E-state index contributed by atoms with van der Waals surface area (Å²) in [6.45, 7) is 2.87. The van der Waals surface area contributed by atoms with Crippen molar-refractivity contribution in [2.45, 2.75) is 13.5 Å². The summed E-state index contributed by atoms with van der Waals surface area (Å²) in [5, 5.41) is 3.05. The molecule has 0 aliphatic carbocycles. The molecule has 0 spiro atoms. The van der Waals surface area contributed by atoms with Crippen molar-refractivity contribution in [2.75, 3.05) is 13.7 Å². The maximum atomic E-state index is 11.0. The van der Waals surface area contributed by atoms with E-state index in [1.54, 1.807) is 0 Å². The molecule has 0 radical (unpaired) electrons. The van der Waals surface area contributed by atoms with Crippen LogP contribution < -0.4 is 5.32 Å². The second-order valence-corrected chi connectivity index (χ2v) is 4.63. The predicted molar refractivity (Wildman–Crippen MR) is 78.1 cm³/mol. The molecule has 0 aliphatic rings. The second-order valence-electron chi connectivity index (χ2n) is 4.63. The molecular formula is C16H18N2O2. The van der Waals surface area contributed by atoms with Gasteiger partial charge in [0.2, 0.25) is 0 Å². The molecule has 104 valence electrons. The molecule has 2 aromatic rings. The van der Waals surface area contributed by atoms with E-state index in [1.807, 2.05) is 31.5 Å². The van der Waals surface area contributed by atoms with Gasteiger partial charge in [0.25, 0.3) is 0 Å². The van der Waals surface area contributed by atoms with Gasteiger partial charge in [-0.25, -0.2) is 0 Å². The van der Waals surface area contributed by atoms with Crippen molar-refractivity contribution in [1.82, 2.24) is 10.3 Å². The van der Waals surface area contributed by atoms with Crippen molar-refractivity contribution < 1.29 is 9.53 Å². The number of pyridine rings is 1. The number of ether oxygens (including phenoxy) is 1. The molecule has 0 saturated heterocycles. The number of aromatic nitrogens is 1. The zero-order valence-corrected chi connectivity index (χ0v) is 11.7. The first-order valence-corrected chi connectivity index (χ1v) is 6.47. The SMILES string of the molecule is COC(=O)CNCc1cccc(-c2cncc(C)c2)c1. The molecule has 4 heteroatoms. The van der Waals surface area contributed by atoms with Crippen molar-refractivity contribution in [1.29, 1.82) is 0 Å². The third-order valence-corrected chi connectivity index (χ3v) is 2.96. The smallest absolute Gasteiger partial charge is 0.319 e. The molecule has 1 aromatic heterocycles. The van der Waals surface area contributed by atoms with Gasteiger partial charge in [0, 0.05) is 24.5 Å². The molecule has 0 aliphatic heterocycles. The summed E-state index contributed by atoms with van der Waals surface area (Å²) in [5.41, 5.74) is 4.48. The van der Waals surface area contributed by atoms with E-state index in [-0.39, 0.29) is 12.5 Å². The highest BCUT2D eigenvalue weighted by atomic mass is 16.5. The van der Waals surface area contributed by atoms with Crippen molar-refractivity contribution in [3.8, 4) is 11.1 Å². The number of esters is 1. The van der Waals surface area contributed by atoms with E-state index < -0.39 is 0 Å². The fourth-order valence-corrected chi connectivity index (χ4v) is 1.95. The molecule has 1 N–H and O–H groups in total. The minimum absolute atomic E-state index is 0.215. The quantitative estimate of drug-likeness (QED) is 0.847. The molecule has 0 unspecified atom stereocenters. The Bertz CT molecular complexity index is 597. The van der Waals surface area contributed by atoms with E-state index in [0.717, 1.165) is 22.3 Å². The van der Waals surface area contributed by atoms with Crippen molar-refractivity contribution >= 4 is 5.97 Å². The van der Waals surface area contributed by atoms with Gasteiger partial charge >= 0.3 is 5.97 Å².